The molecule has 2 saturated heterocycles. The molecule has 5 aliphatic rings. The number of aliphatic hydroxyl groups is 2. The summed E-state index contributed by atoms with van der Waals surface area (Å²) in [6, 6.07) is 11.4. The number of aryl methyl sites for hydroxylation is 1. The third-order valence-electron chi connectivity index (χ3n) is 11.7. The number of guanidine groups is 1. The number of nitrogens with one attached hydrogen (secondary N) is 1. The number of likely N-dealkylation sites (tertiary alicyclic amines) is 1. The maximum Gasteiger partial charge on any atom is 0.262 e. The highest BCUT2D eigenvalue weighted by Gasteiger charge is 2.56. The van der Waals surface area contributed by atoms with Gasteiger partial charge >= 0.3 is 0 Å². The van der Waals surface area contributed by atoms with E-state index in [0.717, 1.165) is 49.6 Å². The van der Waals surface area contributed by atoms with Crippen molar-refractivity contribution in [2.45, 2.75) is 71.6 Å². The minimum Gasteiger partial charge on any atom is -0.396 e. The number of nitrogens with zero attached hydrogens (tertiary/aromatic N) is 5. The summed E-state index contributed by atoms with van der Waals surface area (Å²) >= 11 is 12.6. The summed E-state index contributed by atoms with van der Waals surface area (Å²) < 4.78 is 1.77. The van der Waals surface area contributed by atoms with Crippen molar-refractivity contribution in [2.24, 2.45) is 34.1 Å². The zero-order valence-corrected chi connectivity index (χ0v) is 29.0. The Morgan fingerprint density at radius 3 is 2.53 bits per heavy atom. The molecule has 2 aromatic carbocycles. The van der Waals surface area contributed by atoms with Crippen LogP contribution in [0.1, 0.15) is 52.0 Å². The normalized spacial score (nSPS) is 26.3. The molecule has 3 saturated carbocycles. The molecule has 0 amide bonds. The Balaban J connectivity index is 1.20. The number of fused-ring (bicyclic) bond motifs is 3. The summed E-state index contributed by atoms with van der Waals surface area (Å²) in [6.45, 7) is 10.3. The molecule has 0 spiro atoms. The quantitative estimate of drug-likeness (QED) is 0.218. The van der Waals surface area contributed by atoms with Gasteiger partial charge in [0.05, 0.1) is 23.0 Å². The van der Waals surface area contributed by atoms with E-state index in [9.17, 15) is 15.0 Å². The largest absolute Gasteiger partial charge is 0.396 e. The minimum atomic E-state index is -0.352. The number of β-amino-alcohol motifs (C(OH)–C–C–N with tert-alkyl or cyclic N) is 1. The predicted molar refractivity (Wildman–Crippen MR) is 190 cm³/mol. The predicted octanol–water partition coefficient (Wildman–Crippen LogP) is 5.67. The van der Waals surface area contributed by atoms with E-state index in [4.69, 9.17) is 33.2 Å². The van der Waals surface area contributed by atoms with E-state index in [1.54, 1.807) is 10.6 Å². The van der Waals surface area contributed by atoms with Crippen molar-refractivity contribution < 1.29 is 10.2 Å². The highest BCUT2D eigenvalue weighted by Crippen LogP contribution is 2.61. The summed E-state index contributed by atoms with van der Waals surface area (Å²) in [4.78, 5) is 28.8. The number of halogens is 2. The van der Waals surface area contributed by atoms with Crippen molar-refractivity contribution in [3.05, 3.63) is 62.4 Å². The summed E-state index contributed by atoms with van der Waals surface area (Å²) in [7, 11) is 0. The van der Waals surface area contributed by atoms with E-state index in [2.05, 4.69) is 35.9 Å². The lowest BCUT2D eigenvalue weighted by molar-refractivity contribution is -0.108. The standard InChI is InChI=1S/C36H46Cl2N6O3/c1-21-29-14-24(36(29,2)3)15-31(21)40-34(43-18-27(46)19-43)39-26-6-7-28-32(17-26)41-35(42-11-8-22(20-45)9-12-42)44(33(28)47)13-10-23-4-5-25(37)16-30(23)38/h4-7,16-17,21-22,24,27,29,31,45-46H,8-15,18-20H2,1-3H3,(H,39,40)/t21-,24+,29-,31-/m0/s1. The topological polar surface area (TPSA) is 106 Å². The van der Waals surface area contributed by atoms with Gasteiger partial charge in [-0.05, 0) is 97.1 Å². The van der Waals surface area contributed by atoms with Crippen molar-refractivity contribution in [3.63, 3.8) is 0 Å². The van der Waals surface area contributed by atoms with Crippen molar-refractivity contribution in [3.8, 4) is 0 Å². The number of aromatic nitrogens is 2. The second-order valence-electron chi connectivity index (χ2n) is 14.9. The number of rotatable bonds is 7. The summed E-state index contributed by atoms with van der Waals surface area (Å²) in [5.74, 6) is 3.56. The molecule has 9 nitrogen and oxygen atoms in total. The van der Waals surface area contributed by atoms with E-state index in [-0.39, 0.29) is 30.2 Å². The number of benzene rings is 2. The highest BCUT2D eigenvalue weighted by atomic mass is 35.5. The zero-order chi connectivity index (χ0) is 33.0. The van der Waals surface area contributed by atoms with Crippen molar-refractivity contribution >= 4 is 51.7 Å². The van der Waals surface area contributed by atoms with Crippen LogP contribution >= 0.6 is 23.2 Å². The molecule has 3 aromatic rings. The molecule has 3 aliphatic carbocycles. The van der Waals surface area contributed by atoms with Gasteiger partial charge in [-0.2, -0.15) is 0 Å². The molecule has 0 radical (unpaired) electrons. The summed E-state index contributed by atoms with van der Waals surface area (Å²) in [5.41, 5.74) is 2.65. The van der Waals surface area contributed by atoms with E-state index in [1.807, 2.05) is 30.3 Å². The molecule has 47 heavy (non-hydrogen) atoms. The SMILES string of the molecule is C[C@@H]1[C@@H](/N=C(/Nc2ccc3c(=O)n(CCc4ccc(Cl)cc4Cl)c(N4CCC(CO)CC4)nc3c2)N2CC(O)C2)C[C@H]2C[C@@H]1C2(C)C. The Labute approximate surface area is 286 Å². The molecule has 11 heteroatoms. The van der Waals surface area contributed by atoms with Gasteiger partial charge in [-0.3, -0.25) is 9.36 Å². The Morgan fingerprint density at radius 1 is 1.11 bits per heavy atom. The Kier molecular flexibility index (Phi) is 8.96. The van der Waals surface area contributed by atoms with Crippen LogP contribution in [0.4, 0.5) is 11.6 Å². The van der Waals surface area contributed by atoms with Gasteiger partial charge in [0.15, 0.2) is 5.96 Å². The van der Waals surface area contributed by atoms with Crippen LogP contribution in [0.25, 0.3) is 10.9 Å². The molecule has 4 atom stereocenters. The van der Waals surface area contributed by atoms with E-state index >= 15 is 0 Å². The van der Waals surface area contributed by atoms with E-state index in [0.29, 0.717) is 76.1 Å². The fourth-order valence-electron chi connectivity index (χ4n) is 8.40. The van der Waals surface area contributed by atoms with Crippen molar-refractivity contribution in [2.75, 3.05) is 43.0 Å². The number of piperidine rings is 1. The Bertz CT molecular complexity index is 1730. The van der Waals surface area contributed by atoms with Crippen LogP contribution in [0.15, 0.2) is 46.2 Å². The van der Waals surface area contributed by atoms with Gasteiger partial charge in [0.25, 0.3) is 5.56 Å². The van der Waals surface area contributed by atoms with Crippen LogP contribution in [0.2, 0.25) is 10.0 Å². The highest BCUT2D eigenvalue weighted by molar-refractivity contribution is 6.35. The average molecular weight is 682 g/mol. The number of aliphatic hydroxyl groups excluding tert-OH is 2. The lowest BCUT2D eigenvalue weighted by Gasteiger charge is -2.61. The zero-order valence-electron chi connectivity index (χ0n) is 27.5. The summed E-state index contributed by atoms with van der Waals surface area (Å²) in [5, 5.41) is 25.1. The third kappa shape index (κ3) is 6.25. The summed E-state index contributed by atoms with van der Waals surface area (Å²) in [6.07, 6.45) is 4.27. The van der Waals surface area contributed by atoms with Crippen LogP contribution in [0, 0.1) is 29.1 Å². The smallest absolute Gasteiger partial charge is 0.262 e. The molecule has 1 aromatic heterocycles. The van der Waals surface area contributed by atoms with Crippen molar-refractivity contribution in [1.82, 2.24) is 14.5 Å². The van der Waals surface area contributed by atoms with Crippen molar-refractivity contribution in [1.29, 1.82) is 0 Å². The van der Waals surface area contributed by atoms with Crippen LogP contribution < -0.4 is 15.8 Å². The number of anilines is 2. The minimum absolute atomic E-state index is 0.0939. The number of aliphatic imine (C=N–C) groups is 1. The molecule has 3 N–H and O–H groups in total. The molecule has 2 aliphatic heterocycles. The monoisotopic (exact) mass is 680 g/mol. The Hall–Kier alpha value is -2.85. The van der Waals surface area contributed by atoms with E-state index < -0.39 is 0 Å². The second-order valence-corrected chi connectivity index (χ2v) is 15.7. The number of hydrogen-bond donors (Lipinski definition) is 3. The van der Waals surface area contributed by atoms with Gasteiger partial charge in [-0.25, -0.2) is 9.98 Å². The van der Waals surface area contributed by atoms with E-state index in [1.165, 1.54) is 6.42 Å². The first kappa shape index (κ1) is 32.7. The molecule has 5 fully saturated rings. The molecule has 252 valence electrons. The first-order chi connectivity index (χ1) is 22.5. The van der Waals surface area contributed by atoms with Gasteiger partial charge in [0.2, 0.25) is 5.95 Å². The third-order valence-corrected chi connectivity index (χ3v) is 12.3. The van der Waals surface area contributed by atoms with Crippen LogP contribution in [-0.4, -0.2) is 75.6 Å². The molecule has 3 heterocycles. The van der Waals surface area contributed by atoms with Crippen LogP contribution in [-0.2, 0) is 13.0 Å². The lowest BCUT2D eigenvalue weighted by Crippen LogP contribution is -2.58. The first-order valence-electron chi connectivity index (χ1n) is 17.1. The van der Waals surface area contributed by atoms with Gasteiger partial charge in [-0.15, -0.1) is 0 Å². The molecular formula is C36H46Cl2N6O3. The maximum absolute atomic E-state index is 14.1. The first-order valence-corrected chi connectivity index (χ1v) is 17.9. The fraction of sp³-hybridized carbons (Fsp3) is 0.583. The second kappa shape index (κ2) is 12.9. The fourth-order valence-corrected chi connectivity index (χ4v) is 8.91. The van der Waals surface area contributed by atoms with Gasteiger partial charge in [0.1, 0.15) is 0 Å². The molecular weight excluding hydrogens is 635 g/mol. The van der Waals surface area contributed by atoms with Gasteiger partial charge in [-0.1, -0.05) is 50.0 Å². The van der Waals surface area contributed by atoms with Crippen LogP contribution in [0.5, 0.6) is 0 Å². The average Bonchev–Trinajstić information content (AvgIpc) is 3.03. The number of hydrogen-bond acceptors (Lipinski definition) is 6. The molecule has 8 rings (SSSR count). The lowest BCUT2D eigenvalue weighted by atomic mass is 9.45. The molecule has 0 unspecified atom stereocenters. The van der Waals surface area contributed by atoms with Gasteiger partial charge in [0, 0.05) is 55.1 Å². The Morgan fingerprint density at radius 2 is 1.87 bits per heavy atom. The maximum atomic E-state index is 14.1. The molecule has 2 bridgehead atoms. The van der Waals surface area contributed by atoms with Gasteiger partial charge < -0.3 is 25.3 Å². The van der Waals surface area contributed by atoms with Crippen LogP contribution in [0.3, 0.4) is 0 Å².